The molecule has 0 fully saturated rings. The number of ketones is 3. The van der Waals surface area contributed by atoms with Gasteiger partial charge < -0.3 is 29.7 Å². The van der Waals surface area contributed by atoms with Crippen LogP contribution in [0.2, 0.25) is 5.23 Å². The SMILES string of the molecule is CC(=O)CC(=O)[O-].CC(=O)CC(=O)[O-].CC(=O)CC(=O)[O-].[CH3][Ti+3]. The van der Waals surface area contributed by atoms with E-state index in [1.54, 1.807) is 0 Å². The Morgan fingerprint density at radius 1 is 0.565 bits per heavy atom. The minimum absolute atomic E-state index is 0.375. The number of Topliss-reactive ketones (excluding diaryl/α,β-unsaturated/α-hetero) is 3. The fourth-order valence-electron chi connectivity index (χ4n) is 0.610. The van der Waals surface area contributed by atoms with E-state index >= 15 is 0 Å². The van der Waals surface area contributed by atoms with E-state index in [-0.39, 0.29) is 17.3 Å². The average Bonchev–Trinajstić information content (AvgIpc) is 2.26. The number of hydrogen-bond donors (Lipinski definition) is 0. The summed E-state index contributed by atoms with van der Waals surface area (Å²) in [7, 11) is 0. The zero-order valence-corrected chi connectivity index (χ0v) is 14.9. The molecular formula is C13H18O9Ti. The van der Waals surface area contributed by atoms with Crippen molar-refractivity contribution in [3.8, 4) is 0 Å². The van der Waals surface area contributed by atoms with Crippen LogP contribution in [-0.4, -0.2) is 35.3 Å². The maximum atomic E-state index is 9.83. The molecule has 0 unspecified atom stereocenters. The van der Waals surface area contributed by atoms with Crippen LogP contribution in [0.3, 0.4) is 0 Å². The fourth-order valence-corrected chi connectivity index (χ4v) is 0.610. The van der Waals surface area contributed by atoms with Gasteiger partial charge in [0.25, 0.3) is 0 Å². The van der Waals surface area contributed by atoms with Gasteiger partial charge in [-0.25, -0.2) is 0 Å². The van der Waals surface area contributed by atoms with Crippen molar-refractivity contribution in [3.05, 3.63) is 0 Å². The summed E-state index contributed by atoms with van der Waals surface area (Å²) >= 11 is 2.00. The van der Waals surface area contributed by atoms with Gasteiger partial charge in [0, 0.05) is 37.2 Å². The first-order valence-electron chi connectivity index (χ1n) is 5.96. The van der Waals surface area contributed by atoms with Gasteiger partial charge in [0.2, 0.25) is 0 Å². The molecule has 0 aliphatic carbocycles. The minimum atomic E-state index is -1.31. The number of aliphatic carboxylic acids is 3. The van der Waals surface area contributed by atoms with Crippen LogP contribution in [0, 0.1) is 0 Å². The quantitative estimate of drug-likeness (QED) is 0.345. The molecule has 0 spiro atoms. The topological polar surface area (TPSA) is 172 Å². The first kappa shape index (κ1) is 29.2. The van der Waals surface area contributed by atoms with Crippen molar-refractivity contribution in [1.82, 2.24) is 0 Å². The molecule has 0 aromatic heterocycles. The predicted octanol–water partition coefficient (Wildman–Crippen LogP) is -3.27. The molecule has 0 aromatic rings. The van der Waals surface area contributed by atoms with Gasteiger partial charge in [0.05, 0.1) is 0 Å². The monoisotopic (exact) mass is 366 g/mol. The van der Waals surface area contributed by atoms with Crippen molar-refractivity contribution >= 4 is 35.3 Å². The molecule has 0 aromatic carbocycles. The number of carboxylic acid groups (broad SMARTS) is 3. The van der Waals surface area contributed by atoms with E-state index in [1.807, 2.05) is 25.7 Å². The molecule has 0 heterocycles. The molecule has 0 rings (SSSR count). The third-order valence-corrected chi connectivity index (χ3v) is 1.18. The Labute approximate surface area is 145 Å². The van der Waals surface area contributed by atoms with Crippen molar-refractivity contribution in [3.63, 3.8) is 0 Å². The Morgan fingerprint density at radius 3 is 0.696 bits per heavy atom. The number of rotatable bonds is 6. The van der Waals surface area contributed by atoms with Gasteiger partial charge in [0.1, 0.15) is 17.3 Å². The van der Waals surface area contributed by atoms with Crippen LogP contribution in [0.4, 0.5) is 0 Å². The van der Waals surface area contributed by atoms with E-state index in [2.05, 4.69) is 0 Å². The van der Waals surface area contributed by atoms with Gasteiger partial charge in [0.15, 0.2) is 0 Å². The second-order valence-electron chi connectivity index (χ2n) is 3.75. The summed E-state index contributed by atoms with van der Waals surface area (Å²) in [6.07, 6.45) is -1.42. The van der Waals surface area contributed by atoms with Gasteiger partial charge in [-0.2, -0.15) is 0 Å². The number of hydrogen-bond acceptors (Lipinski definition) is 9. The Bertz CT molecular complexity index is 318. The number of carbonyl (C=O) groups excluding carboxylic acids is 6. The molecule has 0 saturated heterocycles. The van der Waals surface area contributed by atoms with Crippen molar-refractivity contribution in [1.29, 1.82) is 0 Å². The van der Waals surface area contributed by atoms with Crippen molar-refractivity contribution < 1.29 is 64.5 Å². The van der Waals surface area contributed by atoms with Crippen LogP contribution < -0.4 is 15.3 Å². The van der Waals surface area contributed by atoms with Gasteiger partial charge >= 0.3 is 25.7 Å². The van der Waals surface area contributed by atoms with Gasteiger partial charge in [-0.05, 0) is 20.8 Å². The standard InChI is InChI=1S/3C4H6O3.CH3.Ti/c3*1-3(5)2-4(6)7;;/h3*2H2,1H3,(H,6,7);1H3;/q;;;;+3/p-3. The molecule has 0 atom stereocenters. The van der Waals surface area contributed by atoms with Gasteiger partial charge in [-0.15, -0.1) is 0 Å². The van der Waals surface area contributed by atoms with Crippen LogP contribution in [-0.2, 0) is 49.2 Å². The van der Waals surface area contributed by atoms with Crippen LogP contribution in [0.1, 0.15) is 40.0 Å². The first-order valence-corrected chi connectivity index (χ1v) is 7.52. The molecule has 0 N–H and O–H groups in total. The maximum absolute atomic E-state index is 9.83. The first-order chi connectivity index (χ1) is 10.4. The summed E-state index contributed by atoms with van der Waals surface area (Å²) in [5.74, 6) is -5.06. The number of carbonyl (C=O) groups is 6. The van der Waals surface area contributed by atoms with Gasteiger partial charge in [-0.1, -0.05) is 0 Å². The van der Waals surface area contributed by atoms with Crippen LogP contribution in [0.15, 0.2) is 0 Å². The molecule has 0 aliphatic rings. The van der Waals surface area contributed by atoms with Crippen LogP contribution >= 0.6 is 0 Å². The summed E-state index contributed by atoms with van der Waals surface area (Å²) in [6, 6.07) is 0. The molecule has 0 saturated carbocycles. The van der Waals surface area contributed by atoms with Crippen molar-refractivity contribution in [2.24, 2.45) is 0 Å². The van der Waals surface area contributed by atoms with E-state index < -0.39 is 37.2 Å². The Hall–Kier alpha value is -1.87. The zero-order valence-electron chi connectivity index (χ0n) is 13.3. The van der Waals surface area contributed by atoms with E-state index in [0.717, 1.165) is 0 Å². The molecule has 9 nitrogen and oxygen atoms in total. The van der Waals surface area contributed by atoms with E-state index in [4.69, 9.17) is 0 Å². The molecule has 0 bridgehead atoms. The third-order valence-electron chi connectivity index (χ3n) is 1.18. The molecule has 0 amide bonds. The second kappa shape index (κ2) is 20.1. The van der Waals surface area contributed by atoms with Crippen LogP contribution in [0.5, 0.6) is 0 Å². The molecule has 0 radical (unpaired) electrons. The number of carboxylic acids is 3. The summed E-state index contributed by atoms with van der Waals surface area (Å²) in [5, 5.41) is 30.4. The summed E-state index contributed by atoms with van der Waals surface area (Å²) < 4.78 is 0. The Balaban J connectivity index is -0.000000111. The van der Waals surface area contributed by atoms with E-state index in [0.29, 0.717) is 0 Å². The Morgan fingerprint density at radius 2 is 0.696 bits per heavy atom. The molecule has 0 aliphatic heterocycles. The predicted molar refractivity (Wildman–Crippen MR) is 66.8 cm³/mol. The second-order valence-corrected chi connectivity index (χ2v) is 3.75. The Kier molecular flexibility index (Phi) is 25.5. The van der Waals surface area contributed by atoms with Crippen molar-refractivity contribution in [2.45, 2.75) is 45.3 Å². The summed E-state index contributed by atoms with van der Waals surface area (Å²) in [6.45, 7) is 3.61. The third kappa shape index (κ3) is 64.5. The fraction of sp³-hybridized carbons (Fsp3) is 0.538. The zero-order chi connectivity index (χ0) is 19.6. The summed E-state index contributed by atoms with van der Waals surface area (Å²) in [5.41, 5.74) is 0. The molecule has 128 valence electrons. The molecular weight excluding hydrogens is 348 g/mol. The van der Waals surface area contributed by atoms with E-state index in [1.165, 1.54) is 20.8 Å². The molecule has 10 heteroatoms. The van der Waals surface area contributed by atoms with Crippen molar-refractivity contribution in [2.75, 3.05) is 0 Å². The van der Waals surface area contributed by atoms with E-state index in [9.17, 15) is 44.1 Å². The van der Waals surface area contributed by atoms with Gasteiger partial charge in [-0.3, -0.25) is 14.4 Å². The normalized spacial score (nSPS) is 7.74. The molecule has 23 heavy (non-hydrogen) atoms. The average molecular weight is 366 g/mol. The van der Waals surface area contributed by atoms with Crippen LogP contribution in [0.25, 0.3) is 0 Å². The summed E-state index contributed by atoms with van der Waals surface area (Å²) in [4.78, 5) is 57.9.